The predicted molar refractivity (Wildman–Crippen MR) is 237 cm³/mol. The molecule has 0 aromatic carbocycles. The molecule has 5 N–H and O–H groups in total. The molecule has 2 amide bonds. The van der Waals surface area contributed by atoms with Gasteiger partial charge in [-0.1, -0.05) is 0 Å². The van der Waals surface area contributed by atoms with Crippen LogP contribution in [0.5, 0.6) is 0 Å². The molecule has 0 aliphatic carbocycles. The lowest BCUT2D eigenvalue weighted by Gasteiger charge is -2.53. The number of piperidine rings is 1. The minimum atomic E-state index is -2.60. The first-order valence-electron chi connectivity index (χ1n) is 20.6. The summed E-state index contributed by atoms with van der Waals surface area (Å²) >= 11 is 0. The van der Waals surface area contributed by atoms with Crippen molar-refractivity contribution in [3.05, 3.63) is 0 Å². The first kappa shape index (κ1) is 60.6. The molecule has 0 aromatic rings. The molecule has 1 aliphatic heterocycles. The monoisotopic (exact) mass is 920 g/mol. The zero-order valence-corrected chi connectivity index (χ0v) is 42.8. The quantitative estimate of drug-likeness (QED) is 0.0463. The summed E-state index contributed by atoms with van der Waals surface area (Å²) in [6, 6.07) is 2.27. The van der Waals surface area contributed by atoms with Crippen molar-refractivity contribution in [2.24, 2.45) is 5.73 Å². The van der Waals surface area contributed by atoms with Gasteiger partial charge >= 0.3 is 32.4 Å². The Balaban J connectivity index is 0. The van der Waals surface area contributed by atoms with E-state index in [9.17, 15) is 14.4 Å². The van der Waals surface area contributed by atoms with Crippen LogP contribution in [0, 0.1) is 0 Å². The van der Waals surface area contributed by atoms with Gasteiger partial charge in [0.2, 0.25) is 11.8 Å². The third-order valence-corrected chi connectivity index (χ3v) is 19.1. The van der Waals surface area contributed by atoms with E-state index < -0.39 is 26.4 Å². The molecule has 60 heavy (non-hydrogen) atoms. The Labute approximate surface area is 365 Å². The van der Waals surface area contributed by atoms with Gasteiger partial charge in [0.25, 0.3) is 0 Å². The summed E-state index contributed by atoms with van der Waals surface area (Å²) in [7, 11) is 10.7. The molecule has 19 nitrogen and oxygen atoms in total. The number of carbonyl (C=O) groups excluding carboxylic acids is 3. The van der Waals surface area contributed by atoms with Gasteiger partial charge in [0.1, 0.15) is 6.61 Å². The van der Waals surface area contributed by atoms with E-state index >= 15 is 0 Å². The molecule has 1 heterocycles. The van der Waals surface area contributed by atoms with E-state index in [2.05, 4.69) is 55.6 Å². The molecule has 1 rings (SSSR count). The molecule has 0 unspecified atom stereocenters. The second-order valence-corrected chi connectivity index (χ2v) is 24.7. The number of nitrogens with zero attached hydrogens (tertiary/aromatic N) is 1. The van der Waals surface area contributed by atoms with Crippen molar-refractivity contribution in [1.82, 2.24) is 20.9 Å². The maximum Gasteiger partial charge on any atom is 0.500 e. The summed E-state index contributed by atoms with van der Waals surface area (Å²) < 4.78 is 57.3. The third-order valence-electron chi connectivity index (χ3n) is 10.6. The SMILES string of the molecule is COCCOC(=O)CCNCCC[Si](OC)(OC)OC.CO[Si](CCCN)(OC)OC.CO[Si](CCCNC(=O)CCC(=O)NC1CC(C)(C)N(C)C(C)(C)C1)(OC)OC. The van der Waals surface area contributed by atoms with Crippen LogP contribution in [0.1, 0.15) is 79.1 Å². The molecule has 358 valence electrons. The number of nitrogens with two attached hydrogens (primary N) is 1. The summed E-state index contributed by atoms with van der Waals surface area (Å²) in [4.78, 5) is 38.0. The first-order valence-corrected chi connectivity index (χ1v) is 26.4. The molecule has 0 atom stereocenters. The van der Waals surface area contributed by atoms with E-state index in [0.29, 0.717) is 51.7 Å². The maximum atomic E-state index is 12.3. The molecule has 1 aliphatic rings. The van der Waals surface area contributed by atoms with Gasteiger partial charge in [0.15, 0.2) is 0 Å². The van der Waals surface area contributed by atoms with Crippen LogP contribution in [0.4, 0.5) is 0 Å². The van der Waals surface area contributed by atoms with Gasteiger partial charge in [-0.2, -0.15) is 0 Å². The average Bonchev–Trinajstić information content (AvgIpc) is 3.23. The lowest BCUT2D eigenvalue weighted by atomic mass is 9.77. The van der Waals surface area contributed by atoms with Crippen molar-refractivity contribution in [2.45, 2.75) is 114 Å². The first-order chi connectivity index (χ1) is 28.3. The topological polar surface area (TPSA) is 218 Å². The predicted octanol–water partition coefficient (Wildman–Crippen LogP) is 2.56. The molecule has 0 saturated carbocycles. The highest BCUT2D eigenvalue weighted by Crippen LogP contribution is 2.36. The van der Waals surface area contributed by atoms with Crippen LogP contribution >= 0.6 is 0 Å². The average molecular weight is 920 g/mol. The van der Waals surface area contributed by atoms with Crippen LogP contribution in [0.25, 0.3) is 0 Å². The molecule has 22 heteroatoms. The number of methoxy groups -OCH3 is 1. The number of carbonyl (C=O) groups is 3. The van der Waals surface area contributed by atoms with Crippen molar-refractivity contribution in [3.8, 4) is 0 Å². The Hall–Kier alpha value is -1.46. The fraction of sp³-hybridized carbons (Fsp3) is 0.921. The summed E-state index contributed by atoms with van der Waals surface area (Å²) in [5.41, 5.74) is 5.39. The molecular formula is C38H85N5O14Si3. The van der Waals surface area contributed by atoms with Gasteiger partial charge < -0.3 is 71.0 Å². The lowest BCUT2D eigenvalue weighted by Crippen LogP contribution is -2.62. The molecule has 0 bridgehead atoms. The highest BCUT2D eigenvalue weighted by atomic mass is 28.4. The smallest absolute Gasteiger partial charge is 0.463 e. The third kappa shape index (κ3) is 24.4. The van der Waals surface area contributed by atoms with Crippen LogP contribution in [0.3, 0.4) is 0 Å². The van der Waals surface area contributed by atoms with E-state index in [1.807, 2.05) is 0 Å². The molecular weight excluding hydrogens is 835 g/mol. The van der Waals surface area contributed by atoms with Crippen molar-refractivity contribution in [3.63, 3.8) is 0 Å². The second kappa shape index (κ2) is 33.1. The van der Waals surface area contributed by atoms with Crippen LogP contribution in [0.2, 0.25) is 18.1 Å². The number of likely N-dealkylation sites (tertiary alicyclic amines) is 1. The van der Waals surface area contributed by atoms with E-state index in [1.54, 1.807) is 71.1 Å². The van der Waals surface area contributed by atoms with Crippen molar-refractivity contribution < 1.29 is 63.7 Å². The number of hydrogen-bond acceptors (Lipinski definition) is 17. The minimum Gasteiger partial charge on any atom is -0.463 e. The van der Waals surface area contributed by atoms with Gasteiger partial charge in [0.05, 0.1) is 13.0 Å². The maximum absolute atomic E-state index is 12.3. The van der Waals surface area contributed by atoms with Crippen molar-refractivity contribution >= 4 is 44.2 Å². The van der Waals surface area contributed by atoms with Gasteiger partial charge in [-0.3, -0.25) is 19.3 Å². The highest BCUT2D eigenvalue weighted by molar-refractivity contribution is 6.61. The minimum absolute atomic E-state index is 0.0161. The van der Waals surface area contributed by atoms with Gasteiger partial charge in [-0.25, -0.2) is 0 Å². The standard InChI is InChI=1S/C20H41N3O5Si.C12H27NO6Si.C6H17NO3Si/c1-19(2)14-16(15-20(3,4)23(19)5)22-18(25)11-10-17(24)21-12-9-13-29(26-6,27-7)28-8;1-15-9-10-19-12(14)6-8-13-7-5-11-20(16-2,17-3)18-4;1-8-11(9-2,10-3)6-4-5-7/h16H,9-15H2,1-8H3,(H,21,24)(H,22,25);13H,5-11H2,1-4H3;4-7H2,1-3H3. The van der Waals surface area contributed by atoms with Crippen LogP contribution in [-0.2, 0) is 63.7 Å². The summed E-state index contributed by atoms with van der Waals surface area (Å²) in [6.07, 6.45) is 4.97. The fourth-order valence-corrected chi connectivity index (χ4v) is 11.9. The van der Waals surface area contributed by atoms with Gasteiger partial charge in [-0.15, -0.1) is 0 Å². The normalized spacial score (nSPS) is 15.6. The van der Waals surface area contributed by atoms with E-state index in [1.165, 1.54) is 0 Å². The summed E-state index contributed by atoms with van der Waals surface area (Å²) in [5, 5.41) is 9.15. The molecule has 0 radical (unpaired) electrons. The van der Waals surface area contributed by atoms with E-state index in [4.69, 9.17) is 55.0 Å². The Morgan fingerprint density at radius 1 is 0.600 bits per heavy atom. The molecule has 1 saturated heterocycles. The Morgan fingerprint density at radius 2 is 1.02 bits per heavy atom. The van der Waals surface area contributed by atoms with Crippen molar-refractivity contribution in [1.29, 1.82) is 0 Å². The molecule has 0 spiro atoms. The fourth-order valence-electron chi connectivity index (χ4n) is 6.66. The van der Waals surface area contributed by atoms with Crippen LogP contribution < -0.4 is 21.7 Å². The van der Waals surface area contributed by atoms with Crippen molar-refractivity contribution in [2.75, 3.05) is 118 Å². The Bertz CT molecular complexity index is 1090. The van der Waals surface area contributed by atoms with E-state index in [-0.39, 0.29) is 47.7 Å². The van der Waals surface area contributed by atoms with Gasteiger partial charge in [-0.05, 0) is 79.9 Å². The Morgan fingerprint density at radius 3 is 1.43 bits per heavy atom. The van der Waals surface area contributed by atoms with Crippen LogP contribution in [0.15, 0.2) is 0 Å². The van der Waals surface area contributed by atoms with Gasteiger partial charge in [0, 0.05) is 132 Å². The number of rotatable bonds is 30. The lowest BCUT2D eigenvalue weighted by molar-refractivity contribution is -0.144. The molecule has 1 fully saturated rings. The molecule has 0 aromatic heterocycles. The number of amides is 2. The summed E-state index contributed by atoms with van der Waals surface area (Å²) in [6.45, 7) is 12.1. The number of ether oxygens (including phenoxy) is 2. The summed E-state index contributed by atoms with van der Waals surface area (Å²) in [5.74, 6) is -0.404. The Kier molecular flexibility index (Phi) is 33.5. The highest BCUT2D eigenvalue weighted by Gasteiger charge is 2.43. The van der Waals surface area contributed by atoms with E-state index in [0.717, 1.165) is 44.3 Å². The number of nitrogens with one attached hydrogen (secondary N) is 3. The number of hydrogen-bond donors (Lipinski definition) is 4. The van der Waals surface area contributed by atoms with Crippen LogP contribution in [-0.4, -0.2) is 184 Å². The zero-order valence-electron chi connectivity index (χ0n) is 39.8. The zero-order chi connectivity index (χ0) is 46.3. The largest absolute Gasteiger partial charge is 0.500 e. The number of esters is 1. The second-order valence-electron chi connectivity index (χ2n) is 15.4.